The standard InChI is InChI=1S/C36H38O16/c1-7-27(37)45-17-35(18-46-28(38)8-2,19-47-29(39)9-3)23-51-33(43)25-13-15-26(16-14-25)34(44)52-24-36(20-48-30(40)10-4,21-49-31(41)11-5)22-50-32(42)12-6/h7-16H,1-6,17-24H2. The minimum atomic E-state index is -1.58. The first-order chi connectivity index (χ1) is 24.7. The van der Waals surface area contributed by atoms with E-state index in [9.17, 15) is 38.4 Å². The Labute approximate surface area is 298 Å². The van der Waals surface area contributed by atoms with Gasteiger partial charge in [-0.25, -0.2) is 38.4 Å². The highest BCUT2D eigenvalue weighted by atomic mass is 16.6. The molecular weight excluding hydrogens is 688 g/mol. The number of esters is 8. The van der Waals surface area contributed by atoms with Crippen LogP contribution in [0.25, 0.3) is 0 Å². The van der Waals surface area contributed by atoms with E-state index in [1.165, 1.54) is 24.3 Å². The van der Waals surface area contributed by atoms with Crippen LogP contribution in [0.1, 0.15) is 20.7 Å². The second-order valence-corrected chi connectivity index (χ2v) is 10.6. The molecule has 0 N–H and O–H groups in total. The smallest absolute Gasteiger partial charge is 0.338 e. The predicted octanol–water partition coefficient (Wildman–Crippen LogP) is 2.35. The van der Waals surface area contributed by atoms with Crippen molar-refractivity contribution in [3.63, 3.8) is 0 Å². The summed E-state index contributed by atoms with van der Waals surface area (Å²) in [6.45, 7) is 15.3. The van der Waals surface area contributed by atoms with Crippen LogP contribution < -0.4 is 0 Å². The average molecular weight is 727 g/mol. The summed E-state index contributed by atoms with van der Waals surface area (Å²) >= 11 is 0. The van der Waals surface area contributed by atoms with Crippen molar-refractivity contribution in [2.75, 3.05) is 52.9 Å². The average Bonchev–Trinajstić information content (AvgIpc) is 3.18. The number of carbonyl (C=O) groups is 8. The maximum Gasteiger partial charge on any atom is 0.338 e. The summed E-state index contributed by atoms with van der Waals surface area (Å²) in [5, 5.41) is 0. The lowest BCUT2D eigenvalue weighted by Gasteiger charge is -2.31. The quantitative estimate of drug-likeness (QED) is 0.0850. The van der Waals surface area contributed by atoms with Crippen molar-refractivity contribution in [1.29, 1.82) is 0 Å². The maximum atomic E-state index is 13.0. The van der Waals surface area contributed by atoms with E-state index < -0.39 is 111 Å². The molecule has 0 aliphatic heterocycles. The number of hydrogen-bond donors (Lipinski definition) is 0. The van der Waals surface area contributed by atoms with Crippen LogP contribution in [-0.2, 0) is 66.7 Å². The van der Waals surface area contributed by atoms with Gasteiger partial charge in [-0.1, -0.05) is 39.5 Å². The predicted molar refractivity (Wildman–Crippen MR) is 179 cm³/mol. The van der Waals surface area contributed by atoms with Gasteiger partial charge in [0.25, 0.3) is 0 Å². The number of hydrogen-bond acceptors (Lipinski definition) is 16. The molecule has 1 rings (SSSR count). The van der Waals surface area contributed by atoms with Crippen molar-refractivity contribution in [3.05, 3.63) is 111 Å². The van der Waals surface area contributed by atoms with Gasteiger partial charge in [-0.05, 0) is 24.3 Å². The van der Waals surface area contributed by atoms with E-state index in [-0.39, 0.29) is 11.1 Å². The Morgan fingerprint density at radius 1 is 0.365 bits per heavy atom. The molecule has 1 aromatic rings. The fourth-order valence-electron chi connectivity index (χ4n) is 3.55. The van der Waals surface area contributed by atoms with Crippen molar-refractivity contribution in [1.82, 2.24) is 0 Å². The van der Waals surface area contributed by atoms with Crippen LogP contribution in [0.5, 0.6) is 0 Å². The summed E-state index contributed by atoms with van der Waals surface area (Å²) in [7, 11) is 0. The lowest BCUT2D eigenvalue weighted by atomic mass is 9.92. The van der Waals surface area contributed by atoms with Crippen LogP contribution in [0.3, 0.4) is 0 Å². The molecule has 1 aromatic carbocycles. The Balaban J connectivity index is 3.22. The zero-order chi connectivity index (χ0) is 39.2. The van der Waals surface area contributed by atoms with Crippen molar-refractivity contribution < 1.29 is 76.3 Å². The monoisotopic (exact) mass is 726 g/mol. The first kappa shape index (κ1) is 43.4. The van der Waals surface area contributed by atoms with E-state index in [0.29, 0.717) is 0 Å². The Kier molecular flexibility index (Phi) is 18.5. The van der Waals surface area contributed by atoms with E-state index in [1.807, 2.05) is 0 Å². The molecule has 0 radical (unpaired) electrons. The van der Waals surface area contributed by atoms with Crippen LogP contribution in [0, 0.1) is 10.8 Å². The SMILES string of the molecule is C=CC(=O)OCC(COC(=O)C=C)(COC(=O)C=C)COC(=O)c1ccc(C(=O)OCC(COC(=O)C=C)(COC(=O)C=C)COC(=O)C=C)cc1. The van der Waals surface area contributed by atoms with Crippen LogP contribution in [0.15, 0.2) is 100 Å². The van der Waals surface area contributed by atoms with Gasteiger partial charge in [-0.15, -0.1) is 0 Å². The molecule has 0 bridgehead atoms. The van der Waals surface area contributed by atoms with E-state index >= 15 is 0 Å². The Bertz CT molecular complexity index is 1320. The first-order valence-electron chi connectivity index (χ1n) is 14.9. The third-order valence-corrected chi connectivity index (χ3v) is 6.50. The number of benzene rings is 1. The second-order valence-electron chi connectivity index (χ2n) is 10.6. The number of rotatable bonds is 24. The summed E-state index contributed by atoms with van der Waals surface area (Å²) in [6, 6.07) is 4.85. The number of carbonyl (C=O) groups excluding carboxylic acids is 8. The van der Waals surface area contributed by atoms with Crippen molar-refractivity contribution >= 4 is 47.8 Å². The normalized spacial score (nSPS) is 10.5. The second kappa shape index (κ2) is 22.2. The van der Waals surface area contributed by atoms with Gasteiger partial charge in [0, 0.05) is 36.5 Å². The zero-order valence-corrected chi connectivity index (χ0v) is 28.2. The Hall–Kier alpha value is -6.58. The molecule has 0 spiro atoms. The van der Waals surface area contributed by atoms with Crippen LogP contribution in [0.4, 0.5) is 0 Å². The lowest BCUT2D eigenvalue weighted by molar-refractivity contribution is -0.161. The molecule has 0 aromatic heterocycles. The molecule has 16 heteroatoms. The van der Waals surface area contributed by atoms with Crippen LogP contribution in [0.2, 0.25) is 0 Å². The summed E-state index contributed by atoms with van der Waals surface area (Å²) in [4.78, 5) is 96.9. The molecule has 0 saturated carbocycles. The van der Waals surface area contributed by atoms with Crippen LogP contribution in [-0.4, -0.2) is 101 Å². The molecule has 0 aliphatic rings. The fraction of sp³-hybridized carbons (Fsp3) is 0.278. The number of ether oxygens (including phenoxy) is 8. The molecule has 52 heavy (non-hydrogen) atoms. The first-order valence-corrected chi connectivity index (χ1v) is 14.9. The zero-order valence-electron chi connectivity index (χ0n) is 28.2. The molecule has 278 valence electrons. The van der Waals surface area contributed by atoms with Gasteiger partial charge in [0.1, 0.15) is 63.7 Å². The molecule has 16 nitrogen and oxygen atoms in total. The lowest BCUT2D eigenvalue weighted by Crippen LogP contribution is -2.43. The molecule has 0 aliphatic carbocycles. The van der Waals surface area contributed by atoms with E-state index in [4.69, 9.17) is 37.9 Å². The summed E-state index contributed by atoms with van der Waals surface area (Å²) < 4.78 is 41.4. The van der Waals surface area contributed by atoms with Crippen molar-refractivity contribution in [3.8, 4) is 0 Å². The topological polar surface area (TPSA) is 210 Å². The van der Waals surface area contributed by atoms with Gasteiger partial charge >= 0.3 is 47.8 Å². The highest BCUT2D eigenvalue weighted by Gasteiger charge is 2.39. The molecule has 0 fully saturated rings. The van der Waals surface area contributed by atoms with E-state index in [0.717, 1.165) is 36.5 Å². The van der Waals surface area contributed by atoms with Gasteiger partial charge in [-0.3, -0.25) is 0 Å². The van der Waals surface area contributed by atoms with E-state index in [1.54, 1.807) is 0 Å². The summed E-state index contributed by atoms with van der Waals surface area (Å²) in [5.74, 6) is -7.09. The molecule has 0 heterocycles. The minimum absolute atomic E-state index is 0.0712. The van der Waals surface area contributed by atoms with Crippen LogP contribution >= 0.6 is 0 Å². The molecule has 0 atom stereocenters. The molecular formula is C36H38O16. The maximum absolute atomic E-state index is 13.0. The van der Waals surface area contributed by atoms with E-state index in [2.05, 4.69) is 39.5 Å². The van der Waals surface area contributed by atoms with Crippen molar-refractivity contribution in [2.45, 2.75) is 0 Å². The van der Waals surface area contributed by atoms with Gasteiger partial charge in [0.15, 0.2) is 0 Å². The molecule has 0 amide bonds. The van der Waals surface area contributed by atoms with Gasteiger partial charge < -0.3 is 37.9 Å². The minimum Gasteiger partial charge on any atom is -0.462 e. The fourth-order valence-corrected chi connectivity index (χ4v) is 3.55. The largest absolute Gasteiger partial charge is 0.462 e. The third kappa shape index (κ3) is 15.3. The highest BCUT2D eigenvalue weighted by Crippen LogP contribution is 2.24. The Morgan fingerprint density at radius 3 is 0.712 bits per heavy atom. The highest BCUT2D eigenvalue weighted by molar-refractivity contribution is 5.93. The van der Waals surface area contributed by atoms with Gasteiger partial charge in [-0.2, -0.15) is 0 Å². The van der Waals surface area contributed by atoms with Gasteiger partial charge in [0.2, 0.25) is 0 Å². The summed E-state index contributed by atoms with van der Waals surface area (Å²) in [5.41, 5.74) is -3.31. The third-order valence-electron chi connectivity index (χ3n) is 6.50. The Morgan fingerprint density at radius 2 is 0.538 bits per heavy atom. The summed E-state index contributed by atoms with van der Waals surface area (Å²) in [6.07, 6.45) is 5.18. The molecule has 0 saturated heterocycles. The molecule has 0 unspecified atom stereocenters. The van der Waals surface area contributed by atoms with Gasteiger partial charge in [0.05, 0.1) is 11.1 Å². The van der Waals surface area contributed by atoms with Crippen molar-refractivity contribution in [2.24, 2.45) is 10.8 Å².